The number of nitrogens with one attached hydrogen (secondary N) is 1. The van der Waals surface area contributed by atoms with Gasteiger partial charge in [-0.05, 0) is 31.2 Å². The maximum atomic E-state index is 12.8. The topological polar surface area (TPSA) is 85.6 Å². The Balaban J connectivity index is 2.26. The van der Waals surface area contributed by atoms with Crippen LogP contribution in [0.1, 0.15) is 27.4 Å². The van der Waals surface area contributed by atoms with E-state index in [0.29, 0.717) is 12.1 Å². The molecule has 0 saturated heterocycles. The van der Waals surface area contributed by atoms with E-state index in [1.54, 1.807) is 0 Å². The molecular formula is C15H13ClF3NO5S. The molecule has 0 aliphatic heterocycles. The number of methoxy groups -OCH3 is 1. The van der Waals surface area contributed by atoms with E-state index < -0.39 is 39.2 Å². The first-order valence-electron chi connectivity index (χ1n) is 6.99. The van der Waals surface area contributed by atoms with Crippen molar-refractivity contribution in [2.24, 2.45) is 0 Å². The Bertz CT molecular complexity index is 937. The van der Waals surface area contributed by atoms with E-state index in [1.807, 2.05) is 0 Å². The van der Waals surface area contributed by atoms with E-state index in [9.17, 15) is 26.4 Å². The molecule has 1 heterocycles. The van der Waals surface area contributed by atoms with E-state index in [0.717, 1.165) is 6.07 Å². The molecule has 11 heteroatoms. The Labute approximate surface area is 151 Å². The molecule has 142 valence electrons. The Morgan fingerprint density at radius 3 is 2.54 bits per heavy atom. The number of esters is 1. The maximum absolute atomic E-state index is 12.8. The van der Waals surface area contributed by atoms with Crippen molar-refractivity contribution in [3.63, 3.8) is 0 Å². The lowest BCUT2D eigenvalue weighted by Gasteiger charge is -2.11. The van der Waals surface area contributed by atoms with Gasteiger partial charge in [-0.15, -0.1) is 0 Å². The second kappa shape index (κ2) is 7.29. The summed E-state index contributed by atoms with van der Waals surface area (Å²) in [6, 6.07) is 3.25. The summed E-state index contributed by atoms with van der Waals surface area (Å²) in [5, 5.41) is -0.364. The summed E-state index contributed by atoms with van der Waals surface area (Å²) < 4.78 is 74.8. The Morgan fingerprint density at radius 1 is 1.31 bits per heavy atom. The Morgan fingerprint density at radius 2 is 1.96 bits per heavy atom. The van der Waals surface area contributed by atoms with E-state index in [4.69, 9.17) is 16.0 Å². The van der Waals surface area contributed by atoms with Gasteiger partial charge in [0.1, 0.15) is 22.0 Å². The number of rotatable bonds is 5. The lowest BCUT2D eigenvalue weighted by molar-refractivity contribution is -0.137. The molecule has 0 spiro atoms. The number of aryl methyl sites for hydroxylation is 1. The fourth-order valence-corrected chi connectivity index (χ4v) is 3.59. The highest BCUT2D eigenvalue weighted by Gasteiger charge is 2.32. The SMILES string of the molecule is COC(=O)c1cc(CNS(=O)(=O)c2cc(C(F)(F)F)ccc2Cl)oc1C. The van der Waals surface area contributed by atoms with Crippen molar-refractivity contribution in [2.75, 3.05) is 7.11 Å². The van der Waals surface area contributed by atoms with Gasteiger partial charge in [-0.2, -0.15) is 13.2 Å². The van der Waals surface area contributed by atoms with Crippen molar-refractivity contribution in [3.05, 3.63) is 51.9 Å². The third-order valence-electron chi connectivity index (χ3n) is 3.36. The molecule has 2 rings (SSSR count). The molecule has 6 nitrogen and oxygen atoms in total. The van der Waals surface area contributed by atoms with Crippen LogP contribution in [0.4, 0.5) is 13.2 Å². The standard InChI is InChI=1S/C15H13ClF3NO5S/c1-8-11(14(21)24-2)6-10(25-8)7-20-26(22,23)13-5-9(15(17,18)19)3-4-12(13)16/h3-6,20H,7H2,1-2H3. The van der Waals surface area contributed by atoms with Crippen LogP contribution in [0.15, 0.2) is 33.6 Å². The number of furan rings is 1. The van der Waals surface area contributed by atoms with Gasteiger partial charge in [0.05, 0.1) is 24.2 Å². The number of carbonyl (C=O) groups is 1. The first kappa shape index (κ1) is 20.3. The van der Waals surface area contributed by atoms with Gasteiger partial charge in [0.15, 0.2) is 0 Å². The maximum Gasteiger partial charge on any atom is 0.416 e. The van der Waals surface area contributed by atoms with Crippen molar-refractivity contribution < 1.29 is 35.5 Å². The summed E-state index contributed by atoms with van der Waals surface area (Å²) in [6.45, 7) is 1.08. The largest absolute Gasteiger partial charge is 0.465 e. The Hall–Kier alpha value is -2.04. The molecule has 26 heavy (non-hydrogen) atoms. The summed E-state index contributed by atoms with van der Waals surface area (Å²) in [4.78, 5) is 10.8. The molecule has 0 aliphatic carbocycles. The van der Waals surface area contributed by atoms with Gasteiger partial charge >= 0.3 is 12.1 Å². The predicted octanol–water partition coefficient (Wildman–Crippen LogP) is 3.53. The van der Waals surface area contributed by atoms with Crippen LogP contribution in [0.25, 0.3) is 0 Å². The third kappa shape index (κ3) is 4.37. The van der Waals surface area contributed by atoms with E-state index in [2.05, 4.69) is 9.46 Å². The first-order chi connectivity index (χ1) is 12.0. The normalized spacial score (nSPS) is 12.2. The van der Waals surface area contributed by atoms with Crippen LogP contribution in [-0.2, 0) is 27.5 Å². The van der Waals surface area contributed by atoms with Crippen LogP contribution in [0.2, 0.25) is 5.02 Å². The van der Waals surface area contributed by atoms with Crippen LogP contribution in [0, 0.1) is 6.92 Å². The number of benzene rings is 1. The van der Waals surface area contributed by atoms with Crippen molar-refractivity contribution in [1.29, 1.82) is 0 Å². The molecule has 0 bridgehead atoms. The summed E-state index contributed by atoms with van der Waals surface area (Å²) in [6.07, 6.45) is -4.72. The number of hydrogen-bond donors (Lipinski definition) is 1. The number of halogens is 4. The molecule has 1 aromatic carbocycles. The molecule has 0 unspecified atom stereocenters. The van der Waals surface area contributed by atoms with E-state index in [-0.39, 0.29) is 22.1 Å². The summed E-state index contributed by atoms with van der Waals surface area (Å²) in [5.41, 5.74) is -1.04. The lowest BCUT2D eigenvalue weighted by atomic mass is 10.2. The minimum Gasteiger partial charge on any atom is -0.465 e. The van der Waals surface area contributed by atoms with Crippen molar-refractivity contribution in [2.45, 2.75) is 24.5 Å². The molecule has 2 aromatic rings. The number of hydrogen-bond acceptors (Lipinski definition) is 5. The van der Waals surface area contributed by atoms with Gasteiger partial charge in [0.25, 0.3) is 0 Å². The fraction of sp³-hybridized carbons (Fsp3) is 0.267. The lowest BCUT2D eigenvalue weighted by Crippen LogP contribution is -2.24. The zero-order chi connectivity index (χ0) is 19.7. The van der Waals surface area contributed by atoms with Crippen molar-refractivity contribution in [3.8, 4) is 0 Å². The molecule has 0 fully saturated rings. The molecule has 0 atom stereocenters. The van der Waals surface area contributed by atoms with E-state index in [1.165, 1.54) is 20.1 Å². The van der Waals surface area contributed by atoms with Gasteiger partial charge < -0.3 is 9.15 Å². The van der Waals surface area contributed by atoms with Gasteiger partial charge in [0.2, 0.25) is 10.0 Å². The third-order valence-corrected chi connectivity index (χ3v) is 5.24. The van der Waals surface area contributed by atoms with E-state index >= 15 is 0 Å². The predicted molar refractivity (Wildman–Crippen MR) is 85.3 cm³/mol. The molecule has 0 amide bonds. The second-order valence-electron chi connectivity index (χ2n) is 5.14. The monoisotopic (exact) mass is 411 g/mol. The highest BCUT2D eigenvalue weighted by Crippen LogP contribution is 2.33. The van der Waals surface area contributed by atoms with Crippen molar-refractivity contribution in [1.82, 2.24) is 4.72 Å². The van der Waals surface area contributed by atoms with Gasteiger partial charge in [-0.3, -0.25) is 0 Å². The van der Waals surface area contributed by atoms with Crippen LogP contribution >= 0.6 is 11.6 Å². The summed E-state index contributed by atoms with van der Waals surface area (Å²) in [7, 11) is -3.19. The first-order valence-corrected chi connectivity index (χ1v) is 8.86. The van der Waals surface area contributed by atoms with Crippen LogP contribution in [-0.4, -0.2) is 21.5 Å². The van der Waals surface area contributed by atoms with Crippen LogP contribution < -0.4 is 4.72 Å². The molecular weight excluding hydrogens is 399 g/mol. The summed E-state index contributed by atoms with van der Waals surface area (Å²) >= 11 is 5.73. The Kier molecular flexibility index (Phi) is 5.69. The van der Waals surface area contributed by atoms with Gasteiger partial charge in [-0.25, -0.2) is 17.9 Å². The molecule has 0 aliphatic rings. The molecule has 1 aromatic heterocycles. The minimum atomic E-state index is -4.72. The molecule has 0 saturated carbocycles. The van der Waals surface area contributed by atoms with Crippen LogP contribution in [0.5, 0.6) is 0 Å². The average Bonchev–Trinajstić information content (AvgIpc) is 2.92. The van der Waals surface area contributed by atoms with Gasteiger partial charge in [0, 0.05) is 0 Å². The minimum absolute atomic E-state index is 0.0783. The zero-order valence-corrected chi connectivity index (χ0v) is 15.1. The molecule has 1 N–H and O–H groups in total. The molecule has 0 radical (unpaired) electrons. The number of sulfonamides is 1. The van der Waals surface area contributed by atoms with Gasteiger partial charge in [-0.1, -0.05) is 11.6 Å². The second-order valence-corrected chi connectivity index (χ2v) is 7.28. The smallest absolute Gasteiger partial charge is 0.416 e. The van der Waals surface area contributed by atoms with Crippen molar-refractivity contribution >= 4 is 27.6 Å². The summed E-state index contributed by atoms with van der Waals surface area (Å²) in [5.74, 6) is -0.376. The highest BCUT2D eigenvalue weighted by molar-refractivity contribution is 7.89. The highest BCUT2D eigenvalue weighted by atomic mass is 35.5. The van der Waals surface area contributed by atoms with Crippen LogP contribution in [0.3, 0.4) is 0 Å². The number of carbonyl (C=O) groups excluding carboxylic acids is 1. The number of alkyl halides is 3. The zero-order valence-electron chi connectivity index (χ0n) is 13.5. The number of ether oxygens (including phenoxy) is 1. The average molecular weight is 412 g/mol. The quantitative estimate of drug-likeness (QED) is 0.761. The fourth-order valence-electron chi connectivity index (χ4n) is 2.07.